The minimum absolute atomic E-state index is 0.103. The van der Waals surface area contributed by atoms with E-state index in [0.717, 1.165) is 17.1 Å². The highest BCUT2D eigenvalue weighted by Crippen LogP contribution is 2.31. The van der Waals surface area contributed by atoms with Crippen LogP contribution in [0.15, 0.2) is 42.5 Å². The van der Waals surface area contributed by atoms with Crippen LogP contribution in [0.4, 0.5) is 5.69 Å². The number of anilines is 1. The summed E-state index contributed by atoms with van der Waals surface area (Å²) in [6.45, 7) is 3.28. The number of likely N-dealkylation sites (N-methyl/N-ethyl adjacent to an activating group) is 1. The van der Waals surface area contributed by atoms with Gasteiger partial charge in [-0.1, -0.05) is 18.2 Å². The fourth-order valence-corrected chi connectivity index (χ4v) is 2.92. The third kappa shape index (κ3) is 4.46. The Balaban J connectivity index is 1.53. The van der Waals surface area contributed by atoms with Gasteiger partial charge in [-0.25, -0.2) is 0 Å². The summed E-state index contributed by atoms with van der Waals surface area (Å²) in [6.07, 6.45) is -0.115. The molecule has 1 amide bonds. The average molecular weight is 356 g/mol. The van der Waals surface area contributed by atoms with Gasteiger partial charge >= 0.3 is 0 Å². The molecule has 0 spiro atoms. The van der Waals surface area contributed by atoms with Gasteiger partial charge in [-0.2, -0.15) is 0 Å². The smallest absolute Gasteiger partial charge is 0.238 e. The molecule has 0 bridgehead atoms. The Labute approximate surface area is 153 Å². The maximum absolute atomic E-state index is 12.4. The topological polar surface area (TPSA) is 60.0 Å². The number of nitrogens with one attached hydrogen (secondary N) is 1. The van der Waals surface area contributed by atoms with Gasteiger partial charge in [0.1, 0.15) is 18.5 Å². The van der Waals surface area contributed by atoms with Crippen LogP contribution in [-0.2, 0) is 4.79 Å². The lowest BCUT2D eigenvalue weighted by molar-refractivity contribution is -0.117. The first kappa shape index (κ1) is 18.1. The molecule has 0 radical (unpaired) electrons. The Morgan fingerprint density at radius 2 is 2.04 bits per heavy atom. The number of para-hydroxylation sites is 2. The van der Waals surface area contributed by atoms with Crippen molar-refractivity contribution in [1.82, 2.24) is 4.90 Å². The van der Waals surface area contributed by atoms with Gasteiger partial charge in [-0.15, -0.1) is 0 Å². The number of fused-ring (bicyclic) bond motifs is 1. The highest BCUT2D eigenvalue weighted by atomic mass is 16.6. The minimum atomic E-state index is -0.115. The van der Waals surface area contributed by atoms with Gasteiger partial charge in [-0.3, -0.25) is 9.69 Å². The van der Waals surface area contributed by atoms with E-state index in [0.29, 0.717) is 24.6 Å². The van der Waals surface area contributed by atoms with Crippen molar-refractivity contribution in [2.75, 3.05) is 39.2 Å². The molecule has 1 aliphatic rings. The van der Waals surface area contributed by atoms with Crippen molar-refractivity contribution >= 4 is 11.6 Å². The summed E-state index contributed by atoms with van der Waals surface area (Å²) in [6, 6.07) is 13.3. The highest BCUT2D eigenvalue weighted by Gasteiger charge is 2.22. The van der Waals surface area contributed by atoms with E-state index in [1.54, 1.807) is 7.11 Å². The van der Waals surface area contributed by atoms with Crippen LogP contribution in [0.1, 0.15) is 5.56 Å². The molecule has 0 aliphatic carbocycles. The van der Waals surface area contributed by atoms with E-state index in [2.05, 4.69) is 5.32 Å². The Bertz CT molecular complexity index is 778. The van der Waals surface area contributed by atoms with Crippen LogP contribution in [0.25, 0.3) is 0 Å². The number of hydrogen-bond acceptors (Lipinski definition) is 5. The molecule has 2 aromatic rings. The standard InChI is InChI=1S/C20H24N2O4/c1-14-8-9-17(24-3)16(10-14)21-20(23)12-22(2)11-15-13-25-18-6-4-5-7-19(18)26-15/h4-10,15H,11-13H2,1-3H3,(H,21,23). The molecule has 0 saturated carbocycles. The molecule has 1 heterocycles. The van der Waals surface area contributed by atoms with Gasteiger partial charge in [0, 0.05) is 6.54 Å². The molecule has 26 heavy (non-hydrogen) atoms. The fourth-order valence-electron chi connectivity index (χ4n) is 2.92. The number of amides is 1. The first-order chi connectivity index (χ1) is 12.5. The molecule has 6 heteroatoms. The zero-order valence-corrected chi connectivity index (χ0v) is 15.3. The zero-order valence-electron chi connectivity index (χ0n) is 15.3. The number of hydrogen-bond donors (Lipinski definition) is 1. The average Bonchev–Trinajstić information content (AvgIpc) is 2.61. The van der Waals surface area contributed by atoms with Crippen molar-refractivity contribution in [1.29, 1.82) is 0 Å². The number of methoxy groups -OCH3 is 1. The molecule has 0 aromatic heterocycles. The normalized spacial score (nSPS) is 15.6. The second kappa shape index (κ2) is 8.10. The fraction of sp³-hybridized carbons (Fsp3) is 0.350. The predicted octanol–water partition coefficient (Wildman–Crippen LogP) is 2.71. The first-order valence-corrected chi connectivity index (χ1v) is 8.56. The SMILES string of the molecule is COc1ccc(C)cc1NC(=O)CN(C)CC1COc2ccccc2O1. The third-order valence-electron chi connectivity index (χ3n) is 4.13. The maximum Gasteiger partial charge on any atom is 0.238 e. The monoisotopic (exact) mass is 356 g/mol. The molecular formula is C20H24N2O4. The molecule has 6 nitrogen and oxygen atoms in total. The second-order valence-electron chi connectivity index (χ2n) is 6.45. The Morgan fingerprint density at radius 3 is 2.81 bits per heavy atom. The lowest BCUT2D eigenvalue weighted by atomic mass is 10.2. The first-order valence-electron chi connectivity index (χ1n) is 8.56. The maximum atomic E-state index is 12.4. The summed E-state index contributed by atoms with van der Waals surface area (Å²) >= 11 is 0. The van der Waals surface area contributed by atoms with Gasteiger partial charge in [0.05, 0.1) is 19.3 Å². The minimum Gasteiger partial charge on any atom is -0.495 e. The van der Waals surface area contributed by atoms with Crippen molar-refractivity contribution < 1.29 is 19.0 Å². The second-order valence-corrected chi connectivity index (χ2v) is 6.45. The van der Waals surface area contributed by atoms with Crippen LogP contribution in [0.2, 0.25) is 0 Å². The van der Waals surface area contributed by atoms with Crippen molar-refractivity contribution in [3.63, 3.8) is 0 Å². The van der Waals surface area contributed by atoms with Crippen molar-refractivity contribution in [3.05, 3.63) is 48.0 Å². The van der Waals surface area contributed by atoms with Crippen LogP contribution >= 0.6 is 0 Å². The van der Waals surface area contributed by atoms with Gasteiger partial charge < -0.3 is 19.5 Å². The highest BCUT2D eigenvalue weighted by molar-refractivity contribution is 5.93. The van der Waals surface area contributed by atoms with Crippen molar-refractivity contribution in [2.24, 2.45) is 0 Å². The number of carbonyl (C=O) groups is 1. The van der Waals surface area contributed by atoms with Crippen LogP contribution in [0, 0.1) is 6.92 Å². The van der Waals surface area contributed by atoms with Gasteiger partial charge in [0.2, 0.25) is 5.91 Å². The molecule has 1 aliphatic heterocycles. The number of benzene rings is 2. The molecule has 138 valence electrons. The van der Waals surface area contributed by atoms with E-state index in [1.165, 1.54) is 0 Å². The van der Waals surface area contributed by atoms with Gasteiger partial charge in [0.25, 0.3) is 0 Å². The molecule has 0 fully saturated rings. The Morgan fingerprint density at radius 1 is 1.27 bits per heavy atom. The number of carbonyl (C=O) groups excluding carboxylic acids is 1. The number of nitrogens with zero attached hydrogens (tertiary/aromatic N) is 1. The van der Waals surface area contributed by atoms with E-state index >= 15 is 0 Å². The largest absolute Gasteiger partial charge is 0.495 e. The zero-order chi connectivity index (χ0) is 18.5. The quantitative estimate of drug-likeness (QED) is 0.862. The molecule has 1 N–H and O–H groups in total. The van der Waals surface area contributed by atoms with Crippen molar-refractivity contribution in [2.45, 2.75) is 13.0 Å². The number of rotatable bonds is 6. The van der Waals surface area contributed by atoms with Gasteiger partial charge in [0.15, 0.2) is 11.5 Å². The molecule has 1 unspecified atom stereocenters. The summed E-state index contributed by atoms with van der Waals surface area (Å²) in [4.78, 5) is 14.3. The van der Waals surface area contributed by atoms with Gasteiger partial charge in [-0.05, 0) is 43.8 Å². The Kier molecular flexibility index (Phi) is 5.63. The van der Waals surface area contributed by atoms with Crippen molar-refractivity contribution in [3.8, 4) is 17.2 Å². The summed E-state index contributed by atoms with van der Waals surface area (Å²) in [7, 11) is 3.47. The Hall–Kier alpha value is -2.73. The lowest BCUT2D eigenvalue weighted by Gasteiger charge is -2.29. The summed E-state index contributed by atoms with van der Waals surface area (Å²) in [5.74, 6) is 2.04. The molecule has 0 saturated heterocycles. The summed E-state index contributed by atoms with van der Waals surface area (Å²) in [5.41, 5.74) is 1.73. The number of ether oxygens (including phenoxy) is 3. The van der Waals surface area contributed by atoms with Crippen LogP contribution in [0.5, 0.6) is 17.2 Å². The number of aryl methyl sites for hydroxylation is 1. The van der Waals surface area contributed by atoms with E-state index in [4.69, 9.17) is 14.2 Å². The van der Waals surface area contributed by atoms with Crippen LogP contribution < -0.4 is 19.5 Å². The van der Waals surface area contributed by atoms with E-state index < -0.39 is 0 Å². The molecule has 1 atom stereocenters. The summed E-state index contributed by atoms with van der Waals surface area (Å²) < 4.78 is 16.9. The molecule has 2 aromatic carbocycles. The van der Waals surface area contributed by atoms with E-state index in [-0.39, 0.29) is 18.6 Å². The predicted molar refractivity (Wildman–Crippen MR) is 100 cm³/mol. The summed E-state index contributed by atoms with van der Waals surface area (Å²) in [5, 5.41) is 2.91. The van der Waals surface area contributed by atoms with Crippen LogP contribution in [-0.4, -0.2) is 50.8 Å². The van der Waals surface area contributed by atoms with E-state index in [9.17, 15) is 4.79 Å². The van der Waals surface area contributed by atoms with Crippen LogP contribution in [0.3, 0.4) is 0 Å². The molecule has 3 rings (SSSR count). The third-order valence-corrected chi connectivity index (χ3v) is 4.13. The molecular weight excluding hydrogens is 332 g/mol. The van der Waals surface area contributed by atoms with E-state index in [1.807, 2.05) is 61.3 Å². The lowest BCUT2D eigenvalue weighted by Crippen LogP contribution is -2.42.